The first-order chi connectivity index (χ1) is 12.4. The maximum absolute atomic E-state index is 13.7. The second-order valence-corrected chi connectivity index (χ2v) is 6.48. The Kier molecular flexibility index (Phi) is 7.12. The van der Waals surface area contributed by atoms with Crippen LogP contribution in [-0.4, -0.2) is 71.7 Å². The van der Waals surface area contributed by atoms with Crippen molar-refractivity contribution in [2.45, 2.75) is 26.7 Å². The largest absolute Gasteiger partial charge is 0.342 e. The van der Waals surface area contributed by atoms with Gasteiger partial charge in [-0.25, -0.2) is 4.39 Å². The topological polar surface area (TPSA) is 60.9 Å². The molecule has 26 heavy (non-hydrogen) atoms. The van der Waals surface area contributed by atoms with Gasteiger partial charge in [-0.2, -0.15) is 0 Å². The van der Waals surface area contributed by atoms with E-state index in [1.54, 1.807) is 32.9 Å². The summed E-state index contributed by atoms with van der Waals surface area (Å²) in [6, 6.07) is 6.50. The number of benzene rings is 1. The van der Waals surface area contributed by atoms with Gasteiger partial charge in [0, 0.05) is 59.5 Å². The Morgan fingerprint density at radius 1 is 1.00 bits per heavy atom. The summed E-state index contributed by atoms with van der Waals surface area (Å²) in [6.45, 7) is 5.81. The SMILES string of the molecule is CC(=O)N(CCC(=O)N1CCN(C(C)=O)CC1)CCc1ccccc1F. The Labute approximate surface area is 153 Å². The van der Waals surface area contributed by atoms with Gasteiger partial charge in [0.2, 0.25) is 17.7 Å². The third-order valence-electron chi connectivity index (χ3n) is 4.73. The monoisotopic (exact) mass is 363 g/mol. The lowest BCUT2D eigenvalue weighted by Gasteiger charge is -2.34. The van der Waals surface area contributed by atoms with Gasteiger partial charge in [0.15, 0.2) is 0 Å². The highest BCUT2D eigenvalue weighted by atomic mass is 19.1. The normalized spacial score (nSPS) is 14.3. The summed E-state index contributed by atoms with van der Waals surface area (Å²) >= 11 is 0. The molecule has 0 N–H and O–H groups in total. The molecule has 142 valence electrons. The quantitative estimate of drug-likeness (QED) is 0.765. The molecule has 3 amide bonds. The van der Waals surface area contributed by atoms with Crippen molar-refractivity contribution in [3.05, 3.63) is 35.6 Å². The van der Waals surface area contributed by atoms with Crippen LogP contribution in [0.15, 0.2) is 24.3 Å². The lowest BCUT2D eigenvalue weighted by molar-refractivity contribution is -0.139. The van der Waals surface area contributed by atoms with Gasteiger partial charge >= 0.3 is 0 Å². The van der Waals surface area contributed by atoms with Crippen molar-refractivity contribution in [3.63, 3.8) is 0 Å². The smallest absolute Gasteiger partial charge is 0.224 e. The van der Waals surface area contributed by atoms with Crippen LogP contribution in [0.4, 0.5) is 4.39 Å². The Balaban J connectivity index is 1.81. The molecule has 6 nitrogen and oxygen atoms in total. The number of piperazine rings is 1. The lowest BCUT2D eigenvalue weighted by Crippen LogP contribution is -2.50. The van der Waals surface area contributed by atoms with Gasteiger partial charge in [-0.05, 0) is 18.1 Å². The molecule has 0 bridgehead atoms. The standard InChI is InChI=1S/C19H26FN3O3/c1-15(24)21(9-7-17-5-3-4-6-18(17)20)10-8-19(26)23-13-11-22(12-14-23)16(2)25/h3-6H,7-14H2,1-2H3. The van der Waals surface area contributed by atoms with E-state index in [1.165, 1.54) is 19.9 Å². The summed E-state index contributed by atoms with van der Waals surface area (Å²) in [5.74, 6) is -0.413. The summed E-state index contributed by atoms with van der Waals surface area (Å²) in [5, 5.41) is 0. The minimum absolute atomic E-state index is 0.0213. The predicted octanol–water partition coefficient (Wildman–Crippen LogP) is 1.30. The minimum atomic E-state index is -0.282. The number of carbonyl (C=O) groups excluding carboxylic acids is 3. The molecular formula is C19H26FN3O3. The van der Waals surface area contributed by atoms with Gasteiger partial charge in [-0.3, -0.25) is 14.4 Å². The van der Waals surface area contributed by atoms with E-state index in [0.717, 1.165) is 0 Å². The van der Waals surface area contributed by atoms with E-state index in [1.807, 2.05) is 0 Å². The fourth-order valence-electron chi connectivity index (χ4n) is 3.04. The Hall–Kier alpha value is -2.44. The van der Waals surface area contributed by atoms with Crippen molar-refractivity contribution in [2.75, 3.05) is 39.3 Å². The molecule has 1 aromatic rings. The minimum Gasteiger partial charge on any atom is -0.342 e. The summed E-state index contributed by atoms with van der Waals surface area (Å²) in [6.07, 6.45) is 0.647. The van der Waals surface area contributed by atoms with E-state index < -0.39 is 0 Å². The van der Waals surface area contributed by atoms with Crippen LogP contribution < -0.4 is 0 Å². The number of rotatable bonds is 6. The number of halogens is 1. The molecule has 1 fully saturated rings. The summed E-state index contributed by atoms with van der Waals surface area (Å²) in [7, 11) is 0. The van der Waals surface area contributed by atoms with Crippen LogP contribution >= 0.6 is 0 Å². The number of hydrogen-bond acceptors (Lipinski definition) is 3. The maximum Gasteiger partial charge on any atom is 0.224 e. The van der Waals surface area contributed by atoms with E-state index in [2.05, 4.69) is 0 Å². The number of nitrogens with zero attached hydrogens (tertiary/aromatic N) is 3. The highest BCUT2D eigenvalue weighted by molar-refractivity contribution is 5.79. The first-order valence-electron chi connectivity index (χ1n) is 8.90. The van der Waals surface area contributed by atoms with Gasteiger partial charge < -0.3 is 14.7 Å². The van der Waals surface area contributed by atoms with Crippen molar-refractivity contribution in [1.82, 2.24) is 14.7 Å². The molecule has 0 saturated carbocycles. The van der Waals surface area contributed by atoms with Crippen molar-refractivity contribution in [2.24, 2.45) is 0 Å². The van der Waals surface area contributed by atoms with E-state index in [4.69, 9.17) is 0 Å². The van der Waals surface area contributed by atoms with Crippen molar-refractivity contribution < 1.29 is 18.8 Å². The van der Waals surface area contributed by atoms with Gasteiger partial charge in [0.05, 0.1) is 0 Å². The first kappa shape index (κ1) is 19.9. The average molecular weight is 363 g/mol. The Morgan fingerprint density at radius 3 is 2.19 bits per heavy atom. The van der Waals surface area contributed by atoms with Crippen LogP contribution in [0.3, 0.4) is 0 Å². The highest BCUT2D eigenvalue weighted by Crippen LogP contribution is 2.09. The second kappa shape index (κ2) is 9.31. The molecule has 7 heteroatoms. The van der Waals surface area contributed by atoms with Crippen LogP contribution in [-0.2, 0) is 20.8 Å². The molecule has 0 unspecified atom stereocenters. The zero-order valence-corrected chi connectivity index (χ0v) is 15.4. The Morgan fingerprint density at radius 2 is 1.62 bits per heavy atom. The van der Waals surface area contributed by atoms with Crippen LogP contribution in [0.2, 0.25) is 0 Å². The summed E-state index contributed by atoms with van der Waals surface area (Å²) < 4.78 is 13.7. The van der Waals surface area contributed by atoms with Crippen LogP contribution in [0.25, 0.3) is 0 Å². The van der Waals surface area contributed by atoms with Gasteiger partial charge in [0.1, 0.15) is 5.82 Å². The van der Waals surface area contributed by atoms with Crippen LogP contribution in [0, 0.1) is 5.82 Å². The van der Waals surface area contributed by atoms with Gasteiger partial charge in [-0.1, -0.05) is 18.2 Å². The fourth-order valence-corrected chi connectivity index (χ4v) is 3.04. The third-order valence-corrected chi connectivity index (χ3v) is 4.73. The highest BCUT2D eigenvalue weighted by Gasteiger charge is 2.23. The van der Waals surface area contributed by atoms with E-state index in [-0.39, 0.29) is 30.0 Å². The average Bonchev–Trinajstić information content (AvgIpc) is 2.62. The Bertz CT molecular complexity index is 657. The molecule has 1 aromatic carbocycles. The molecule has 0 radical (unpaired) electrons. The van der Waals surface area contributed by atoms with E-state index in [9.17, 15) is 18.8 Å². The van der Waals surface area contributed by atoms with E-state index >= 15 is 0 Å². The van der Waals surface area contributed by atoms with Gasteiger partial charge in [-0.15, -0.1) is 0 Å². The molecule has 0 atom stereocenters. The third kappa shape index (κ3) is 5.54. The van der Waals surface area contributed by atoms with Crippen LogP contribution in [0.1, 0.15) is 25.8 Å². The number of hydrogen-bond donors (Lipinski definition) is 0. The summed E-state index contributed by atoms with van der Waals surface area (Å²) in [5.41, 5.74) is 0.561. The maximum atomic E-state index is 13.7. The lowest BCUT2D eigenvalue weighted by atomic mass is 10.1. The predicted molar refractivity (Wildman–Crippen MR) is 95.8 cm³/mol. The van der Waals surface area contributed by atoms with Crippen molar-refractivity contribution in [3.8, 4) is 0 Å². The van der Waals surface area contributed by atoms with Crippen molar-refractivity contribution in [1.29, 1.82) is 0 Å². The zero-order valence-electron chi connectivity index (χ0n) is 15.4. The molecule has 1 saturated heterocycles. The molecule has 1 heterocycles. The molecule has 1 aliphatic heterocycles. The first-order valence-corrected chi connectivity index (χ1v) is 8.90. The molecule has 0 aliphatic carbocycles. The number of amides is 3. The molecule has 1 aliphatic rings. The molecule has 0 aromatic heterocycles. The van der Waals surface area contributed by atoms with E-state index in [0.29, 0.717) is 51.3 Å². The second-order valence-electron chi connectivity index (χ2n) is 6.48. The summed E-state index contributed by atoms with van der Waals surface area (Å²) in [4.78, 5) is 40.5. The van der Waals surface area contributed by atoms with Gasteiger partial charge in [0.25, 0.3) is 0 Å². The zero-order chi connectivity index (χ0) is 19.1. The fraction of sp³-hybridized carbons (Fsp3) is 0.526. The van der Waals surface area contributed by atoms with Crippen molar-refractivity contribution >= 4 is 17.7 Å². The molecular weight excluding hydrogens is 337 g/mol. The number of carbonyl (C=O) groups is 3. The van der Waals surface area contributed by atoms with Crippen LogP contribution in [0.5, 0.6) is 0 Å². The molecule has 2 rings (SSSR count). The molecule has 0 spiro atoms.